The first-order chi connectivity index (χ1) is 10.8. The van der Waals surface area contributed by atoms with Crippen molar-refractivity contribution in [3.63, 3.8) is 0 Å². The molecule has 0 aliphatic carbocycles. The normalized spacial score (nSPS) is 27.6. The second-order valence-corrected chi connectivity index (χ2v) is 7.68. The van der Waals surface area contributed by atoms with E-state index in [-0.39, 0.29) is 11.6 Å². The van der Waals surface area contributed by atoms with Crippen LogP contribution in [-0.2, 0) is 21.6 Å². The largest absolute Gasteiger partial charge is 0.370 e. The Hall–Kier alpha value is -0.910. The van der Waals surface area contributed by atoms with Crippen molar-refractivity contribution in [2.75, 3.05) is 26.2 Å². The second kappa shape index (κ2) is 5.95. The van der Waals surface area contributed by atoms with E-state index in [1.54, 1.807) is 0 Å². The van der Waals surface area contributed by atoms with Crippen molar-refractivity contribution in [1.29, 1.82) is 0 Å². The van der Waals surface area contributed by atoms with Crippen molar-refractivity contribution in [1.82, 2.24) is 10.2 Å². The zero-order valence-electron chi connectivity index (χ0n) is 13.0. The minimum Gasteiger partial charge on any atom is -0.370 e. The molecule has 0 bridgehead atoms. The number of thiophene rings is 1. The first-order valence-electron chi connectivity index (χ1n) is 8.51. The Balaban J connectivity index is 1.44. The fraction of sp³-hybridized carbons (Fsp3) is 0.706. The van der Waals surface area contributed by atoms with E-state index in [4.69, 9.17) is 4.74 Å². The Labute approximate surface area is 135 Å². The van der Waals surface area contributed by atoms with Crippen LogP contribution in [0.3, 0.4) is 0 Å². The van der Waals surface area contributed by atoms with Crippen LogP contribution in [-0.4, -0.2) is 43.1 Å². The summed E-state index contributed by atoms with van der Waals surface area (Å²) >= 11 is 1.85. The lowest BCUT2D eigenvalue weighted by molar-refractivity contribution is -0.143. The summed E-state index contributed by atoms with van der Waals surface area (Å²) in [7, 11) is 0. The van der Waals surface area contributed by atoms with E-state index in [0.717, 1.165) is 51.9 Å². The molecule has 1 aromatic rings. The number of piperidine rings is 2. The van der Waals surface area contributed by atoms with Crippen molar-refractivity contribution in [2.45, 2.75) is 50.2 Å². The summed E-state index contributed by atoms with van der Waals surface area (Å²) in [6.07, 6.45) is 6.28. The summed E-state index contributed by atoms with van der Waals surface area (Å²) in [5.41, 5.74) is 1.27. The Bertz CT molecular complexity index is 543. The number of fused-ring (bicyclic) bond motifs is 2. The standard InChI is InChI=1S/C17H24N2O2S/c20-16(14-3-1-2-8-18-14)19-9-6-17(7-10-19)13-5-12-22-15(13)4-11-21-17/h5,12,14,18H,1-4,6-11H2/t14-/m1/s1. The number of nitrogens with one attached hydrogen (secondary N) is 1. The number of hydrogen-bond acceptors (Lipinski definition) is 4. The van der Waals surface area contributed by atoms with Gasteiger partial charge in [-0.3, -0.25) is 4.79 Å². The number of likely N-dealkylation sites (tertiary alicyclic amines) is 1. The molecule has 4 nitrogen and oxygen atoms in total. The van der Waals surface area contributed by atoms with Gasteiger partial charge in [0.1, 0.15) is 0 Å². The molecule has 4 heterocycles. The molecule has 1 aromatic heterocycles. The Kier molecular flexibility index (Phi) is 3.96. The van der Waals surface area contributed by atoms with Gasteiger partial charge < -0.3 is 15.0 Å². The number of rotatable bonds is 1. The zero-order chi connectivity index (χ0) is 15.0. The molecular formula is C17H24N2O2S. The molecule has 22 heavy (non-hydrogen) atoms. The minimum absolute atomic E-state index is 0.0479. The Morgan fingerprint density at radius 1 is 1.36 bits per heavy atom. The van der Waals surface area contributed by atoms with E-state index in [9.17, 15) is 4.79 Å². The molecule has 120 valence electrons. The lowest BCUT2D eigenvalue weighted by Crippen LogP contribution is -2.53. The SMILES string of the molecule is O=C([C@H]1CCCCN1)N1CCC2(CC1)OCCc1sccc12. The monoisotopic (exact) mass is 320 g/mol. The van der Waals surface area contributed by atoms with E-state index in [0.29, 0.717) is 5.91 Å². The molecule has 1 N–H and O–H groups in total. The third-order valence-electron chi connectivity index (χ3n) is 5.43. The second-order valence-electron chi connectivity index (χ2n) is 6.68. The fourth-order valence-corrected chi connectivity index (χ4v) is 5.09. The zero-order valence-corrected chi connectivity index (χ0v) is 13.8. The number of nitrogens with zero attached hydrogens (tertiary/aromatic N) is 1. The van der Waals surface area contributed by atoms with Crippen LogP contribution in [0.5, 0.6) is 0 Å². The summed E-state index contributed by atoms with van der Waals surface area (Å²) in [6.45, 7) is 3.46. The van der Waals surface area contributed by atoms with Crippen LogP contribution in [0.25, 0.3) is 0 Å². The summed E-state index contributed by atoms with van der Waals surface area (Å²) in [4.78, 5) is 16.2. The highest BCUT2D eigenvalue weighted by Crippen LogP contribution is 2.43. The van der Waals surface area contributed by atoms with E-state index < -0.39 is 0 Å². The maximum atomic E-state index is 12.6. The third-order valence-corrected chi connectivity index (χ3v) is 6.42. The van der Waals surface area contributed by atoms with Gasteiger partial charge in [-0.25, -0.2) is 0 Å². The molecular weight excluding hydrogens is 296 g/mol. The van der Waals surface area contributed by atoms with Gasteiger partial charge in [-0.05, 0) is 49.2 Å². The highest BCUT2D eigenvalue weighted by Gasteiger charge is 2.42. The quantitative estimate of drug-likeness (QED) is 0.863. The molecule has 2 fully saturated rings. The first kappa shape index (κ1) is 14.7. The van der Waals surface area contributed by atoms with Gasteiger partial charge in [0.15, 0.2) is 0 Å². The first-order valence-corrected chi connectivity index (χ1v) is 9.39. The van der Waals surface area contributed by atoms with Crippen LogP contribution in [0.1, 0.15) is 42.5 Å². The highest BCUT2D eigenvalue weighted by atomic mass is 32.1. The van der Waals surface area contributed by atoms with Gasteiger partial charge >= 0.3 is 0 Å². The van der Waals surface area contributed by atoms with Crippen LogP contribution < -0.4 is 5.32 Å². The van der Waals surface area contributed by atoms with Gasteiger partial charge in [0, 0.05) is 24.4 Å². The van der Waals surface area contributed by atoms with Gasteiger partial charge in [0.25, 0.3) is 0 Å². The van der Waals surface area contributed by atoms with Crippen molar-refractivity contribution in [3.8, 4) is 0 Å². The smallest absolute Gasteiger partial charge is 0.239 e. The van der Waals surface area contributed by atoms with Crippen LogP contribution >= 0.6 is 11.3 Å². The predicted molar refractivity (Wildman–Crippen MR) is 87.1 cm³/mol. The van der Waals surface area contributed by atoms with Gasteiger partial charge in [0.2, 0.25) is 5.91 Å². The van der Waals surface area contributed by atoms with Gasteiger partial charge in [-0.1, -0.05) is 6.42 Å². The van der Waals surface area contributed by atoms with E-state index in [1.807, 2.05) is 11.3 Å². The molecule has 2 saturated heterocycles. The van der Waals surface area contributed by atoms with Gasteiger partial charge in [-0.2, -0.15) is 0 Å². The van der Waals surface area contributed by atoms with Crippen molar-refractivity contribution in [3.05, 3.63) is 21.9 Å². The molecule has 0 aromatic carbocycles. The lowest BCUT2D eigenvalue weighted by atomic mass is 9.82. The van der Waals surface area contributed by atoms with Crippen LogP contribution in [0.4, 0.5) is 0 Å². The third kappa shape index (κ3) is 2.49. The van der Waals surface area contributed by atoms with Gasteiger partial charge in [0.05, 0.1) is 18.2 Å². The number of ether oxygens (including phenoxy) is 1. The molecule has 1 spiro atoms. The van der Waals surface area contributed by atoms with Gasteiger partial charge in [-0.15, -0.1) is 11.3 Å². The van der Waals surface area contributed by atoms with Crippen molar-refractivity contribution >= 4 is 17.2 Å². The molecule has 1 atom stereocenters. The topological polar surface area (TPSA) is 41.6 Å². The number of carbonyl (C=O) groups excluding carboxylic acids is 1. The van der Waals surface area contributed by atoms with Crippen LogP contribution in [0.15, 0.2) is 11.4 Å². The molecule has 0 unspecified atom stereocenters. The summed E-state index contributed by atoms with van der Waals surface area (Å²) in [6, 6.07) is 2.28. The van der Waals surface area contributed by atoms with Crippen LogP contribution in [0, 0.1) is 0 Å². The number of carbonyl (C=O) groups is 1. The average Bonchev–Trinajstić information content (AvgIpc) is 3.06. The van der Waals surface area contributed by atoms with Crippen LogP contribution in [0.2, 0.25) is 0 Å². The van der Waals surface area contributed by atoms with Crippen molar-refractivity contribution in [2.24, 2.45) is 0 Å². The van der Waals surface area contributed by atoms with E-state index in [1.165, 1.54) is 23.3 Å². The molecule has 3 aliphatic rings. The molecule has 1 amide bonds. The lowest BCUT2D eigenvalue weighted by Gasteiger charge is -2.44. The average molecular weight is 320 g/mol. The van der Waals surface area contributed by atoms with E-state index in [2.05, 4.69) is 21.7 Å². The fourth-order valence-electron chi connectivity index (χ4n) is 4.14. The maximum absolute atomic E-state index is 12.6. The summed E-state index contributed by atoms with van der Waals surface area (Å²) in [5, 5.41) is 5.56. The summed E-state index contributed by atoms with van der Waals surface area (Å²) in [5.74, 6) is 0.302. The van der Waals surface area contributed by atoms with E-state index >= 15 is 0 Å². The molecule has 4 rings (SSSR count). The molecule has 3 aliphatic heterocycles. The Morgan fingerprint density at radius 2 is 2.23 bits per heavy atom. The minimum atomic E-state index is -0.121. The highest BCUT2D eigenvalue weighted by molar-refractivity contribution is 7.10. The summed E-state index contributed by atoms with van der Waals surface area (Å²) < 4.78 is 6.22. The molecule has 0 radical (unpaired) electrons. The Morgan fingerprint density at radius 3 is 3.00 bits per heavy atom. The maximum Gasteiger partial charge on any atom is 0.239 e. The molecule has 5 heteroatoms. The predicted octanol–water partition coefficient (Wildman–Crippen LogP) is 2.28. The van der Waals surface area contributed by atoms with Crippen molar-refractivity contribution < 1.29 is 9.53 Å². The number of hydrogen-bond donors (Lipinski definition) is 1. The molecule has 0 saturated carbocycles. The number of amides is 1.